The Bertz CT molecular complexity index is 756. The largest absolute Gasteiger partial charge is 0.439 e. The quantitative estimate of drug-likeness (QED) is 0.295. The number of hydrogen-bond donors (Lipinski definition) is 2. The summed E-state index contributed by atoms with van der Waals surface area (Å²) < 4.78 is 29.7. The molecule has 0 aliphatic rings. The van der Waals surface area contributed by atoms with Crippen LogP contribution in [0.25, 0.3) is 0 Å². The van der Waals surface area contributed by atoms with Crippen molar-refractivity contribution in [2.45, 2.75) is 26.3 Å². The van der Waals surface area contributed by atoms with Crippen molar-refractivity contribution in [3.05, 3.63) is 54.0 Å². The van der Waals surface area contributed by atoms with Crippen molar-refractivity contribution in [1.29, 1.82) is 0 Å². The summed E-state index contributed by atoms with van der Waals surface area (Å²) in [6, 6.07) is 9.59. The molecule has 2 aromatic rings. The van der Waals surface area contributed by atoms with E-state index in [2.05, 4.69) is 27.5 Å². The molecule has 0 bridgehead atoms. The molecule has 30 heavy (non-hydrogen) atoms. The van der Waals surface area contributed by atoms with Gasteiger partial charge in [-0.15, -0.1) is 0 Å². The molecular weight excluding hydrogens is 387 g/mol. The molecule has 2 rings (SSSR count). The van der Waals surface area contributed by atoms with E-state index in [-0.39, 0.29) is 5.82 Å². The summed E-state index contributed by atoms with van der Waals surface area (Å²) in [7, 11) is 1.71. The lowest BCUT2D eigenvalue weighted by Gasteiger charge is -2.12. The van der Waals surface area contributed by atoms with Gasteiger partial charge < -0.3 is 24.8 Å². The van der Waals surface area contributed by atoms with Crippen LogP contribution in [0.3, 0.4) is 0 Å². The van der Waals surface area contributed by atoms with Gasteiger partial charge in [0.2, 0.25) is 5.88 Å². The van der Waals surface area contributed by atoms with Crippen LogP contribution >= 0.6 is 0 Å². The van der Waals surface area contributed by atoms with Crippen molar-refractivity contribution >= 4 is 5.96 Å². The lowest BCUT2D eigenvalue weighted by atomic mass is 10.3. The van der Waals surface area contributed by atoms with E-state index in [4.69, 9.17) is 14.2 Å². The third-order valence-electron chi connectivity index (χ3n) is 4.05. The molecule has 7 nitrogen and oxygen atoms in total. The number of benzene rings is 1. The number of nitrogens with one attached hydrogen (secondary N) is 2. The number of aliphatic imine (C=N–C) groups is 1. The van der Waals surface area contributed by atoms with E-state index >= 15 is 0 Å². The number of unbranched alkanes of at least 4 members (excludes halogenated alkanes) is 1. The summed E-state index contributed by atoms with van der Waals surface area (Å²) in [4.78, 5) is 8.44. The second kappa shape index (κ2) is 14.3. The topological polar surface area (TPSA) is 77.0 Å². The highest BCUT2D eigenvalue weighted by Gasteiger charge is 2.02. The van der Waals surface area contributed by atoms with Gasteiger partial charge >= 0.3 is 0 Å². The second-order valence-electron chi connectivity index (χ2n) is 6.49. The fraction of sp³-hybridized carbons (Fsp3) is 0.455. The predicted octanol–water partition coefficient (Wildman–Crippen LogP) is 3.51. The Kier molecular flexibility index (Phi) is 11.2. The first-order valence-corrected chi connectivity index (χ1v) is 10.2. The number of pyridine rings is 1. The van der Waals surface area contributed by atoms with E-state index in [9.17, 15) is 4.39 Å². The summed E-state index contributed by atoms with van der Waals surface area (Å²) in [5.41, 5.74) is 0.963. The van der Waals surface area contributed by atoms with Crippen molar-refractivity contribution in [3.63, 3.8) is 0 Å². The Hall–Kier alpha value is -2.71. The lowest BCUT2D eigenvalue weighted by Crippen LogP contribution is -2.38. The molecule has 0 aliphatic carbocycles. The van der Waals surface area contributed by atoms with Gasteiger partial charge in [0.1, 0.15) is 11.6 Å². The standard InChI is InChI=1S/C22H31FN4O3/c1-3-4-11-28-13-14-29-12-10-25-22(24-2)27-17-18-8-9-21(26-16-18)30-20-7-5-6-19(23)15-20/h5-9,15-16H,3-4,10-14,17H2,1-2H3,(H2,24,25,27). The third-order valence-corrected chi connectivity index (χ3v) is 4.05. The number of aromatic nitrogens is 1. The smallest absolute Gasteiger partial charge is 0.219 e. The van der Waals surface area contributed by atoms with Gasteiger partial charge in [-0.05, 0) is 24.1 Å². The molecule has 1 heterocycles. The van der Waals surface area contributed by atoms with Crippen LogP contribution in [0.5, 0.6) is 11.6 Å². The highest BCUT2D eigenvalue weighted by Crippen LogP contribution is 2.19. The maximum atomic E-state index is 13.2. The summed E-state index contributed by atoms with van der Waals surface area (Å²) in [5.74, 6) is 1.14. The summed E-state index contributed by atoms with van der Waals surface area (Å²) in [5, 5.41) is 6.41. The molecule has 0 saturated carbocycles. The molecular formula is C22H31FN4O3. The number of guanidine groups is 1. The van der Waals surface area contributed by atoms with Crippen molar-refractivity contribution < 1.29 is 18.6 Å². The fourth-order valence-electron chi connectivity index (χ4n) is 2.44. The Morgan fingerprint density at radius 1 is 1.07 bits per heavy atom. The Morgan fingerprint density at radius 3 is 2.60 bits per heavy atom. The molecule has 0 saturated heterocycles. The highest BCUT2D eigenvalue weighted by atomic mass is 19.1. The lowest BCUT2D eigenvalue weighted by molar-refractivity contribution is 0.0487. The van der Waals surface area contributed by atoms with Crippen molar-refractivity contribution in [1.82, 2.24) is 15.6 Å². The van der Waals surface area contributed by atoms with Crippen LogP contribution in [-0.4, -0.2) is 51.0 Å². The SMILES string of the molecule is CCCCOCCOCCNC(=NC)NCc1ccc(Oc2cccc(F)c2)nc1. The predicted molar refractivity (Wildman–Crippen MR) is 115 cm³/mol. The van der Waals surface area contributed by atoms with E-state index in [1.165, 1.54) is 12.1 Å². The van der Waals surface area contributed by atoms with Crippen LogP contribution < -0.4 is 15.4 Å². The molecule has 2 N–H and O–H groups in total. The minimum absolute atomic E-state index is 0.349. The third kappa shape index (κ3) is 9.67. The number of halogens is 1. The molecule has 0 amide bonds. The monoisotopic (exact) mass is 418 g/mol. The summed E-state index contributed by atoms with van der Waals surface area (Å²) in [6.07, 6.45) is 3.93. The highest BCUT2D eigenvalue weighted by molar-refractivity contribution is 5.79. The van der Waals surface area contributed by atoms with Crippen LogP contribution in [0.1, 0.15) is 25.3 Å². The second-order valence-corrected chi connectivity index (χ2v) is 6.49. The van der Waals surface area contributed by atoms with E-state index in [1.807, 2.05) is 6.07 Å². The number of hydrogen-bond acceptors (Lipinski definition) is 5. The average Bonchev–Trinajstić information content (AvgIpc) is 2.76. The fourth-order valence-corrected chi connectivity index (χ4v) is 2.44. The Labute approximate surface area is 177 Å². The van der Waals surface area contributed by atoms with Crippen LogP contribution in [0.4, 0.5) is 4.39 Å². The minimum atomic E-state index is -0.349. The maximum Gasteiger partial charge on any atom is 0.219 e. The molecule has 0 spiro atoms. The average molecular weight is 419 g/mol. The molecule has 0 fully saturated rings. The van der Waals surface area contributed by atoms with Crippen molar-refractivity contribution in [2.24, 2.45) is 4.99 Å². The first-order chi connectivity index (χ1) is 14.7. The van der Waals surface area contributed by atoms with E-state index in [0.29, 0.717) is 50.5 Å². The number of ether oxygens (including phenoxy) is 3. The van der Waals surface area contributed by atoms with Gasteiger partial charge in [0.05, 0.1) is 19.8 Å². The summed E-state index contributed by atoms with van der Waals surface area (Å²) in [6.45, 7) is 5.92. The van der Waals surface area contributed by atoms with Crippen LogP contribution in [0.15, 0.2) is 47.6 Å². The van der Waals surface area contributed by atoms with Crippen molar-refractivity contribution in [3.8, 4) is 11.6 Å². The zero-order valence-corrected chi connectivity index (χ0v) is 17.7. The molecule has 0 atom stereocenters. The van der Waals surface area contributed by atoms with E-state index in [0.717, 1.165) is 25.0 Å². The van der Waals surface area contributed by atoms with Crippen molar-refractivity contribution in [2.75, 3.05) is 40.0 Å². The van der Waals surface area contributed by atoms with Gasteiger partial charge in [-0.1, -0.05) is 25.5 Å². The molecule has 1 aromatic heterocycles. The Balaban J connectivity index is 1.62. The zero-order valence-electron chi connectivity index (χ0n) is 17.7. The van der Waals surface area contributed by atoms with E-state index < -0.39 is 0 Å². The molecule has 0 unspecified atom stereocenters. The van der Waals surface area contributed by atoms with Gasteiger partial charge in [0.15, 0.2) is 5.96 Å². The van der Waals surface area contributed by atoms with Crippen LogP contribution in [0, 0.1) is 5.82 Å². The molecule has 8 heteroatoms. The maximum absolute atomic E-state index is 13.2. The molecule has 1 aromatic carbocycles. The number of nitrogens with zero attached hydrogens (tertiary/aromatic N) is 2. The van der Waals surface area contributed by atoms with E-state index in [1.54, 1.807) is 31.4 Å². The minimum Gasteiger partial charge on any atom is -0.439 e. The van der Waals surface area contributed by atoms with Gasteiger partial charge in [-0.25, -0.2) is 9.37 Å². The first kappa shape index (κ1) is 23.6. The first-order valence-electron chi connectivity index (χ1n) is 10.2. The van der Waals surface area contributed by atoms with Crippen LogP contribution in [0.2, 0.25) is 0 Å². The molecule has 0 radical (unpaired) electrons. The number of rotatable bonds is 13. The van der Waals surface area contributed by atoms with Gasteiger partial charge in [0, 0.05) is 45.1 Å². The Morgan fingerprint density at radius 2 is 1.90 bits per heavy atom. The van der Waals surface area contributed by atoms with Gasteiger partial charge in [-0.3, -0.25) is 4.99 Å². The normalized spacial score (nSPS) is 11.4. The van der Waals surface area contributed by atoms with Gasteiger partial charge in [0.25, 0.3) is 0 Å². The summed E-state index contributed by atoms with van der Waals surface area (Å²) >= 11 is 0. The molecule has 0 aliphatic heterocycles. The molecule has 164 valence electrons. The van der Waals surface area contributed by atoms with Gasteiger partial charge in [-0.2, -0.15) is 0 Å². The zero-order chi connectivity index (χ0) is 21.4. The van der Waals surface area contributed by atoms with Crippen LogP contribution in [-0.2, 0) is 16.0 Å².